The predicted molar refractivity (Wildman–Crippen MR) is 71.8 cm³/mol. The van der Waals surface area contributed by atoms with Crippen LogP contribution in [0.15, 0.2) is 51.8 Å². The Morgan fingerprint density at radius 2 is 1.81 bits per heavy atom. The summed E-state index contributed by atoms with van der Waals surface area (Å²) in [5.41, 5.74) is 3.17. The van der Waals surface area contributed by atoms with Crippen molar-refractivity contribution in [2.45, 2.75) is 28.2 Å². The van der Waals surface area contributed by atoms with Gasteiger partial charge in [-0.2, -0.15) is 0 Å². The summed E-state index contributed by atoms with van der Waals surface area (Å²) in [4.78, 5) is 3.05. The fraction of sp³-hybridized carbons (Fsp3) is 0.286. The number of thioether (sulfide) groups is 2. The van der Waals surface area contributed by atoms with Gasteiger partial charge in [-0.25, -0.2) is 0 Å². The highest BCUT2D eigenvalue weighted by Crippen LogP contribution is 2.63. The zero-order chi connectivity index (χ0) is 10.5. The smallest absolute Gasteiger partial charge is 0.0518 e. The van der Waals surface area contributed by atoms with Gasteiger partial charge in [0, 0.05) is 9.80 Å². The van der Waals surface area contributed by atoms with E-state index in [-0.39, 0.29) is 0 Å². The third-order valence-corrected chi connectivity index (χ3v) is 6.47. The van der Waals surface area contributed by atoms with Gasteiger partial charge in [0.2, 0.25) is 0 Å². The molecule has 1 aliphatic carbocycles. The highest BCUT2D eigenvalue weighted by molar-refractivity contribution is 8.07. The van der Waals surface area contributed by atoms with Crippen molar-refractivity contribution in [3.8, 4) is 0 Å². The molecular weight excluding hydrogens is 232 g/mol. The van der Waals surface area contributed by atoms with E-state index in [1.807, 2.05) is 0 Å². The maximum atomic E-state index is 2.46. The molecule has 1 saturated heterocycles. The first-order chi connectivity index (χ1) is 7.93. The van der Waals surface area contributed by atoms with Crippen LogP contribution in [0.1, 0.15) is 23.7 Å². The molecule has 0 bridgehead atoms. The van der Waals surface area contributed by atoms with Gasteiger partial charge in [-0.05, 0) is 30.0 Å². The monoisotopic (exact) mass is 244 g/mol. The van der Waals surface area contributed by atoms with Crippen LogP contribution in [0, 0.1) is 0 Å². The van der Waals surface area contributed by atoms with Crippen LogP contribution < -0.4 is 0 Å². The van der Waals surface area contributed by atoms with Crippen LogP contribution in [0.4, 0.5) is 0 Å². The molecule has 0 aromatic heterocycles. The average molecular weight is 244 g/mol. The lowest BCUT2D eigenvalue weighted by atomic mass is 10.00. The van der Waals surface area contributed by atoms with Gasteiger partial charge >= 0.3 is 0 Å². The van der Waals surface area contributed by atoms with E-state index in [4.69, 9.17) is 0 Å². The van der Waals surface area contributed by atoms with Crippen LogP contribution in [0.2, 0.25) is 0 Å². The Morgan fingerprint density at radius 3 is 2.81 bits per heavy atom. The van der Waals surface area contributed by atoms with Crippen molar-refractivity contribution in [1.82, 2.24) is 0 Å². The van der Waals surface area contributed by atoms with E-state index in [2.05, 4.69) is 59.9 Å². The summed E-state index contributed by atoms with van der Waals surface area (Å²) in [6, 6.07) is 8.90. The minimum atomic E-state index is 0.678. The molecule has 2 unspecified atom stereocenters. The van der Waals surface area contributed by atoms with E-state index in [9.17, 15) is 0 Å². The van der Waals surface area contributed by atoms with Crippen molar-refractivity contribution in [3.05, 3.63) is 52.5 Å². The van der Waals surface area contributed by atoms with Crippen molar-refractivity contribution >= 4 is 23.5 Å². The molecule has 0 nitrogen and oxygen atoms in total. The summed E-state index contributed by atoms with van der Waals surface area (Å²) in [6.45, 7) is 0. The van der Waals surface area contributed by atoms with Gasteiger partial charge in [0.25, 0.3) is 0 Å². The Morgan fingerprint density at radius 1 is 0.938 bits per heavy atom. The van der Waals surface area contributed by atoms with Gasteiger partial charge in [-0.3, -0.25) is 0 Å². The molecule has 2 heteroatoms. The van der Waals surface area contributed by atoms with Gasteiger partial charge < -0.3 is 0 Å². The van der Waals surface area contributed by atoms with Crippen molar-refractivity contribution in [2.24, 2.45) is 0 Å². The first-order valence-electron chi connectivity index (χ1n) is 5.76. The molecular formula is C14H12S2. The summed E-state index contributed by atoms with van der Waals surface area (Å²) in [5.74, 6) is 0. The van der Waals surface area contributed by atoms with Crippen molar-refractivity contribution in [3.63, 3.8) is 0 Å². The number of fused-ring (bicyclic) bond motifs is 5. The Labute approximate surface area is 104 Å². The fourth-order valence-corrected chi connectivity index (χ4v) is 6.02. The summed E-state index contributed by atoms with van der Waals surface area (Å²) in [7, 11) is 0. The van der Waals surface area contributed by atoms with E-state index >= 15 is 0 Å². The van der Waals surface area contributed by atoms with Crippen LogP contribution >= 0.6 is 23.5 Å². The van der Waals surface area contributed by atoms with Crippen LogP contribution in [0.5, 0.6) is 0 Å². The lowest BCUT2D eigenvalue weighted by Gasteiger charge is -2.11. The predicted octanol–water partition coefficient (Wildman–Crippen LogP) is 4.55. The Hall–Kier alpha value is -0.600. The Balaban J connectivity index is 1.83. The second-order valence-corrected chi connectivity index (χ2v) is 6.79. The molecule has 16 heavy (non-hydrogen) atoms. The first kappa shape index (κ1) is 9.43. The number of hydrogen-bond donors (Lipinski definition) is 0. The van der Waals surface area contributed by atoms with Gasteiger partial charge in [-0.15, -0.1) is 23.5 Å². The largest absolute Gasteiger partial charge is 0.116 e. The summed E-state index contributed by atoms with van der Waals surface area (Å²) in [6.07, 6.45) is 7.37. The van der Waals surface area contributed by atoms with E-state index in [0.717, 1.165) is 0 Å². The molecule has 0 saturated carbocycles. The quantitative estimate of drug-likeness (QED) is 0.656. The van der Waals surface area contributed by atoms with E-state index < -0.39 is 0 Å². The molecule has 2 aliphatic heterocycles. The third kappa shape index (κ3) is 1.20. The molecule has 0 N–H and O–H groups in total. The first-order valence-corrected chi connectivity index (χ1v) is 7.52. The second-order valence-electron chi connectivity index (χ2n) is 4.42. The lowest BCUT2D eigenvalue weighted by Crippen LogP contribution is -2.03. The molecule has 4 rings (SSSR count). The van der Waals surface area contributed by atoms with E-state index in [1.165, 1.54) is 17.7 Å². The summed E-state index contributed by atoms with van der Waals surface area (Å²) >= 11 is 4.14. The molecule has 80 valence electrons. The maximum Gasteiger partial charge on any atom is 0.0518 e. The average Bonchev–Trinajstić information content (AvgIpc) is 2.85. The van der Waals surface area contributed by atoms with Crippen molar-refractivity contribution < 1.29 is 0 Å². The Bertz CT molecular complexity index is 513. The number of allylic oxidation sites excluding steroid dienone is 3. The molecule has 1 fully saturated rings. The molecule has 0 spiro atoms. The molecule has 0 amide bonds. The highest BCUT2D eigenvalue weighted by Gasteiger charge is 2.43. The third-order valence-electron chi connectivity index (χ3n) is 3.46. The minimum Gasteiger partial charge on any atom is -0.116 e. The van der Waals surface area contributed by atoms with Crippen LogP contribution in [0.3, 0.4) is 0 Å². The van der Waals surface area contributed by atoms with Crippen LogP contribution in [-0.2, 0) is 0 Å². The molecule has 1 aromatic rings. The zero-order valence-electron chi connectivity index (χ0n) is 8.85. The lowest BCUT2D eigenvalue weighted by molar-refractivity contribution is 0.951. The molecule has 1 aromatic carbocycles. The zero-order valence-corrected chi connectivity index (χ0v) is 10.5. The van der Waals surface area contributed by atoms with Crippen molar-refractivity contribution in [2.75, 3.05) is 0 Å². The van der Waals surface area contributed by atoms with Gasteiger partial charge in [0.05, 0.1) is 10.5 Å². The van der Waals surface area contributed by atoms with E-state index in [0.29, 0.717) is 10.5 Å². The standard InChI is InChI=1S/C14H12S2/c1-3-7-11-9(5-1)13-14(15-11)10-6-2-4-8-12(10)16-13/h1,3,5-8,13-14H,2,4H2. The molecule has 2 heterocycles. The summed E-state index contributed by atoms with van der Waals surface area (Å²) < 4.78 is 0. The minimum absolute atomic E-state index is 0.678. The van der Waals surface area contributed by atoms with Gasteiger partial charge in [0.15, 0.2) is 0 Å². The van der Waals surface area contributed by atoms with Crippen LogP contribution in [-0.4, -0.2) is 5.25 Å². The number of hydrogen-bond acceptors (Lipinski definition) is 2. The van der Waals surface area contributed by atoms with Gasteiger partial charge in [-0.1, -0.05) is 30.4 Å². The normalized spacial score (nSPS) is 30.2. The molecule has 2 atom stereocenters. The topological polar surface area (TPSA) is 0 Å². The Kier molecular flexibility index (Phi) is 2.03. The number of rotatable bonds is 0. The highest BCUT2D eigenvalue weighted by atomic mass is 32.2. The van der Waals surface area contributed by atoms with E-state index in [1.54, 1.807) is 16.0 Å². The SMILES string of the molecule is C1=C2SC3c4ccccc4SC3C2=CCC1. The second kappa shape index (κ2) is 3.44. The fourth-order valence-electron chi connectivity index (χ4n) is 2.72. The van der Waals surface area contributed by atoms with Crippen LogP contribution in [0.25, 0.3) is 0 Å². The summed E-state index contributed by atoms with van der Waals surface area (Å²) in [5, 5.41) is 1.37. The van der Waals surface area contributed by atoms with Gasteiger partial charge in [0.1, 0.15) is 0 Å². The molecule has 3 aliphatic rings. The number of benzene rings is 1. The van der Waals surface area contributed by atoms with Crippen molar-refractivity contribution in [1.29, 1.82) is 0 Å². The maximum absolute atomic E-state index is 2.46. The molecule has 0 radical (unpaired) electrons.